The van der Waals surface area contributed by atoms with Crippen LogP contribution in [0.4, 0.5) is 5.69 Å². The van der Waals surface area contributed by atoms with Crippen LogP contribution in [-0.2, 0) is 14.8 Å². The van der Waals surface area contributed by atoms with Crippen LogP contribution in [0.5, 0.6) is 0 Å². The van der Waals surface area contributed by atoms with Crippen molar-refractivity contribution < 1.29 is 13.2 Å². The molecule has 19 heavy (non-hydrogen) atoms. The minimum Gasteiger partial charge on any atom is -0.378 e. The van der Waals surface area contributed by atoms with Crippen LogP contribution in [0.25, 0.3) is 0 Å². The van der Waals surface area contributed by atoms with E-state index in [1.165, 1.54) is 6.26 Å². The Morgan fingerprint density at radius 3 is 2.32 bits per heavy atom. The predicted octanol–water partition coefficient (Wildman–Crippen LogP) is 1.13. The van der Waals surface area contributed by atoms with Gasteiger partial charge < -0.3 is 9.64 Å². The molecule has 0 amide bonds. The van der Waals surface area contributed by atoms with Crippen molar-refractivity contribution in [1.29, 1.82) is 0 Å². The van der Waals surface area contributed by atoms with Crippen LogP contribution in [0.1, 0.15) is 18.5 Å². The van der Waals surface area contributed by atoms with E-state index in [2.05, 4.69) is 9.62 Å². The van der Waals surface area contributed by atoms with Gasteiger partial charge in [-0.15, -0.1) is 0 Å². The summed E-state index contributed by atoms with van der Waals surface area (Å²) in [5, 5.41) is 0. The van der Waals surface area contributed by atoms with Gasteiger partial charge in [0.1, 0.15) is 0 Å². The zero-order valence-electron chi connectivity index (χ0n) is 11.3. The molecule has 0 aromatic heterocycles. The van der Waals surface area contributed by atoms with Crippen molar-refractivity contribution in [2.45, 2.75) is 13.0 Å². The average molecular weight is 284 g/mol. The lowest BCUT2D eigenvalue weighted by Gasteiger charge is -2.29. The van der Waals surface area contributed by atoms with E-state index in [0.29, 0.717) is 0 Å². The third kappa shape index (κ3) is 4.19. The number of benzene rings is 1. The summed E-state index contributed by atoms with van der Waals surface area (Å²) in [6, 6.07) is 7.78. The molecule has 1 aromatic carbocycles. The second kappa shape index (κ2) is 5.90. The molecule has 1 aliphatic rings. The van der Waals surface area contributed by atoms with Crippen LogP contribution in [0.3, 0.4) is 0 Å². The highest BCUT2D eigenvalue weighted by Crippen LogP contribution is 2.20. The van der Waals surface area contributed by atoms with Crippen molar-refractivity contribution in [2.24, 2.45) is 0 Å². The van der Waals surface area contributed by atoms with E-state index in [0.717, 1.165) is 37.6 Å². The maximum Gasteiger partial charge on any atom is 0.209 e. The standard InChI is InChI=1S/C13H20N2O3S/c1-11(14-19(2,16)17)12-3-5-13(6-4-12)15-7-9-18-10-8-15/h3-6,11,14H,7-10H2,1-2H3. The molecule has 1 N–H and O–H groups in total. The van der Waals surface area contributed by atoms with Crippen molar-refractivity contribution >= 4 is 15.7 Å². The molecule has 0 spiro atoms. The number of morpholine rings is 1. The van der Waals surface area contributed by atoms with Crippen molar-refractivity contribution in [1.82, 2.24) is 4.72 Å². The van der Waals surface area contributed by atoms with Gasteiger partial charge in [0.2, 0.25) is 10.0 Å². The number of anilines is 1. The van der Waals surface area contributed by atoms with Crippen LogP contribution >= 0.6 is 0 Å². The summed E-state index contributed by atoms with van der Waals surface area (Å²) in [7, 11) is -3.18. The van der Waals surface area contributed by atoms with Gasteiger partial charge in [0.25, 0.3) is 0 Å². The van der Waals surface area contributed by atoms with Gasteiger partial charge in [0.15, 0.2) is 0 Å². The Morgan fingerprint density at radius 1 is 1.21 bits per heavy atom. The summed E-state index contributed by atoms with van der Waals surface area (Å²) in [6.45, 7) is 5.15. The molecule has 5 nitrogen and oxygen atoms in total. The summed E-state index contributed by atoms with van der Waals surface area (Å²) in [6.07, 6.45) is 1.17. The lowest BCUT2D eigenvalue weighted by Crippen LogP contribution is -2.36. The molecule has 1 heterocycles. The van der Waals surface area contributed by atoms with Crippen LogP contribution in [0, 0.1) is 0 Å². The SMILES string of the molecule is CC(NS(C)(=O)=O)c1ccc(N2CCOCC2)cc1. The van der Waals surface area contributed by atoms with Crippen molar-refractivity contribution in [3.63, 3.8) is 0 Å². The van der Waals surface area contributed by atoms with Crippen LogP contribution in [0.2, 0.25) is 0 Å². The van der Waals surface area contributed by atoms with Crippen molar-refractivity contribution in [3.05, 3.63) is 29.8 Å². The molecule has 1 saturated heterocycles. The van der Waals surface area contributed by atoms with Crippen LogP contribution in [0.15, 0.2) is 24.3 Å². The Hall–Kier alpha value is -1.11. The summed E-state index contributed by atoms with van der Waals surface area (Å²) in [4.78, 5) is 2.27. The van der Waals surface area contributed by atoms with E-state index < -0.39 is 10.0 Å². The highest BCUT2D eigenvalue weighted by atomic mass is 32.2. The second-order valence-electron chi connectivity index (χ2n) is 4.80. The predicted molar refractivity (Wildman–Crippen MR) is 75.9 cm³/mol. The summed E-state index contributed by atoms with van der Waals surface area (Å²) >= 11 is 0. The molecule has 0 aliphatic carbocycles. The molecule has 0 saturated carbocycles. The molecular weight excluding hydrogens is 264 g/mol. The quantitative estimate of drug-likeness (QED) is 0.900. The third-order valence-electron chi connectivity index (χ3n) is 3.16. The van der Waals surface area contributed by atoms with Gasteiger partial charge >= 0.3 is 0 Å². The highest BCUT2D eigenvalue weighted by Gasteiger charge is 2.13. The van der Waals surface area contributed by atoms with Gasteiger partial charge in [-0.2, -0.15) is 0 Å². The number of ether oxygens (including phenoxy) is 1. The first kappa shape index (κ1) is 14.3. The van der Waals surface area contributed by atoms with Gasteiger partial charge in [-0.3, -0.25) is 0 Å². The lowest BCUT2D eigenvalue weighted by atomic mass is 10.1. The van der Waals surface area contributed by atoms with Crippen LogP contribution in [-0.4, -0.2) is 41.0 Å². The van der Waals surface area contributed by atoms with Crippen molar-refractivity contribution in [2.75, 3.05) is 37.5 Å². The molecule has 6 heteroatoms. The minimum absolute atomic E-state index is 0.214. The molecule has 1 aromatic rings. The third-order valence-corrected chi connectivity index (χ3v) is 3.94. The molecule has 2 rings (SSSR count). The maximum atomic E-state index is 11.2. The van der Waals surface area contributed by atoms with Gasteiger partial charge in [-0.1, -0.05) is 12.1 Å². The Bertz CT molecular complexity index is 507. The Morgan fingerprint density at radius 2 is 1.79 bits per heavy atom. The monoisotopic (exact) mass is 284 g/mol. The number of nitrogens with one attached hydrogen (secondary N) is 1. The highest BCUT2D eigenvalue weighted by molar-refractivity contribution is 7.88. The van der Waals surface area contributed by atoms with Gasteiger partial charge in [0, 0.05) is 24.8 Å². The van der Waals surface area contributed by atoms with E-state index >= 15 is 0 Å². The first-order valence-electron chi connectivity index (χ1n) is 6.36. The second-order valence-corrected chi connectivity index (χ2v) is 6.58. The van der Waals surface area contributed by atoms with Gasteiger partial charge in [0.05, 0.1) is 19.5 Å². The van der Waals surface area contributed by atoms with Gasteiger partial charge in [-0.25, -0.2) is 13.1 Å². The zero-order valence-corrected chi connectivity index (χ0v) is 12.1. The first-order valence-corrected chi connectivity index (χ1v) is 8.25. The molecular formula is C13H20N2O3S. The van der Waals surface area contributed by atoms with E-state index in [4.69, 9.17) is 4.74 Å². The van der Waals surface area contributed by atoms with E-state index in [1.54, 1.807) is 0 Å². The molecule has 1 aliphatic heterocycles. The number of nitrogens with zero attached hydrogens (tertiary/aromatic N) is 1. The first-order chi connectivity index (χ1) is 8.96. The number of hydrogen-bond acceptors (Lipinski definition) is 4. The maximum absolute atomic E-state index is 11.2. The fourth-order valence-corrected chi connectivity index (χ4v) is 2.96. The number of rotatable bonds is 4. The summed E-state index contributed by atoms with van der Waals surface area (Å²) in [5.74, 6) is 0. The normalized spacial score (nSPS) is 18.3. The molecule has 0 bridgehead atoms. The molecule has 0 radical (unpaired) electrons. The summed E-state index contributed by atoms with van der Waals surface area (Å²) in [5.41, 5.74) is 2.11. The van der Waals surface area contributed by atoms with Crippen LogP contribution < -0.4 is 9.62 Å². The Balaban J connectivity index is 2.05. The van der Waals surface area contributed by atoms with Crippen molar-refractivity contribution in [3.8, 4) is 0 Å². The molecule has 1 unspecified atom stereocenters. The average Bonchev–Trinajstić information content (AvgIpc) is 2.38. The lowest BCUT2D eigenvalue weighted by molar-refractivity contribution is 0.122. The number of hydrogen-bond donors (Lipinski definition) is 1. The number of sulfonamides is 1. The topological polar surface area (TPSA) is 58.6 Å². The zero-order chi connectivity index (χ0) is 13.9. The smallest absolute Gasteiger partial charge is 0.209 e. The van der Waals surface area contributed by atoms with Gasteiger partial charge in [-0.05, 0) is 24.6 Å². The van der Waals surface area contributed by atoms with E-state index in [1.807, 2.05) is 31.2 Å². The summed E-state index contributed by atoms with van der Waals surface area (Å²) < 4.78 is 30.3. The molecule has 106 valence electrons. The fourth-order valence-electron chi connectivity index (χ4n) is 2.18. The Kier molecular flexibility index (Phi) is 4.44. The molecule has 1 atom stereocenters. The van der Waals surface area contributed by atoms with E-state index in [-0.39, 0.29) is 6.04 Å². The minimum atomic E-state index is -3.18. The molecule has 1 fully saturated rings. The largest absolute Gasteiger partial charge is 0.378 e. The fraction of sp³-hybridized carbons (Fsp3) is 0.538. The van der Waals surface area contributed by atoms with E-state index in [9.17, 15) is 8.42 Å². The Labute approximate surface area is 114 Å².